The normalized spacial score (nSPS) is 11.0. The van der Waals surface area contributed by atoms with Crippen molar-refractivity contribution >= 4 is 28.0 Å². The molecule has 0 amide bonds. The lowest BCUT2D eigenvalue weighted by Gasteiger charge is -2.07. The summed E-state index contributed by atoms with van der Waals surface area (Å²) in [6, 6.07) is 5.06. The van der Waals surface area contributed by atoms with Crippen molar-refractivity contribution in [2.45, 2.75) is 13.8 Å². The van der Waals surface area contributed by atoms with E-state index in [4.69, 9.17) is 9.15 Å². The SMILES string of the molecule is CCOC(=O)c1cc2c(=O)c3cc(F)ccc3oc2nc1C. The Morgan fingerprint density at radius 3 is 2.82 bits per heavy atom. The number of carbonyl (C=O) groups is 1. The van der Waals surface area contributed by atoms with E-state index in [1.54, 1.807) is 13.8 Å². The van der Waals surface area contributed by atoms with Gasteiger partial charge in [-0.2, -0.15) is 0 Å². The van der Waals surface area contributed by atoms with Crippen LogP contribution in [0, 0.1) is 12.7 Å². The number of ether oxygens (including phenoxy) is 1. The lowest BCUT2D eigenvalue weighted by molar-refractivity contribution is 0.0525. The van der Waals surface area contributed by atoms with Gasteiger partial charge in [0.2, 0.25) is 11.1 Å². The fourth-order valence-electron chi connectivity index (χ4n) is 2.26. The fraction of sp³-hybridized carbons (Fsp3) is 0.188. The third-order valence-corrected chi connectivity index (χ3v) is 3.31. The van der Waals surface area contributed by atoms with Crippen LogP contribution in [0.2, 0.25) is 0 Å². The Kier molecular flexibility index (Phi) is 3.36. The van der Waals surface area contributed by atoms with E-state index in [0.717, 1.165) is 6.07 Å². The number of carbonyl (C=O) groups excluding carboxylic acids is 1. The Hall–Kier alpha value is -2.76. The molecule has 3 aromatic rings. The monoisotopic (exact) mass is 301 g/mol. The summed E-state index contributed by atoms with van der Waals surface area (Å²) in [7, 11) is 0. The lowest BCUT2D eigenvalue weighted by atomic mass is 10.1. The third kappa shape index (κ3) is 2.22. The summed E-state index contributed by atoms with van der Waals surface area (Å²) in [6.45, 7) is 3.53. The molecule has 22 heavy (non-hydrogen) atoms. The van der Waals surface area contributed by atoms with E-state index >= 15 is 0 Å². The number of aromatic nitrogens is 1. The maximum atomic E-state index is 13.3. The number of fused-ring (bicyclic) bond motifs is 2. The van der Waals surface area contributed by atoms with Crippen molar-refractivity contribution in [3.8, 4) is 0 Å². The van der Waals surface area contributed by atoms with E-state index in [1.807, 2.05) is 0 Å². The molecule has 0 radical (unpaired) electrons. The van der Waals surface area contributed by atoms with Gasteiger partial charge in [0.15, 0.2) is 0 Å². The summed E-state index contributed by atoms with van der Waals surface area (Å²) in [5.74, 6) is -1.10. The zero-order chi connectivity index (χ0) is 15.9. The van der Waals surface area contributed by atoms with Crippen LogP contribution in [0.15, 0.2) is 33.5 Å². The van der Waals surface area contributed by atoms with Gasteiger partial charge in [-0.3, -0.25) is 4.79 Å². The molecule has 2 heterocycles. The van der Waals surface area contributed by atoms with Gasteiger partial charge in [0.1, 0.15) is 11.4 Å². The van der Waals surface area contributed by atoms with Crippen LogP contribution in [0.5, 0.6) is 0 Å². The van der Waals surface area contributed by atoms with Crippen molar-refractivity contribution in [1.29, 1.82) is 0 Å². The molecule has 0 aliphatic rings. The molecule has 0 spiro atoms. The Labute approximate surface area is 124 Å². The molecule has 0 saturated heterocycles. The molecular weight excluding hydrogens is 289 g/mol. The fourth-order valence-corrected chi connectivity index (χ4v) is 2.26. The van der Waals surface area contributed by atoms with E-state index in [0.29, 0.717) is 5.69 Å². The number of esters is 1. The van der Waals surface area contributed by atoms with Gasteiger partial charge in [-0.1, -0.05) is 0 Å². The number of rotatable bonds is 2. The lowest BCUT2D eigenvalue weighted by Crippen LogP contribution is -2.11. The summed E-state index contributed by atoms with van der Waals surface area (Å²) in [4.78, 5) is 28.5. The first-order valence-corrected chi connectivity index (χ1v) is 6.72. The standard InChI is InChI=1S/C16H12FNO4/c1-3-21-16(20)10-7-12-14(19)11-6-9(17)4-5-13(11)22-15(12)18-8(10)2/h4-7H,3H2,1-2H3. The molecule has 6 heteroatoms. The first kappa shape index (κ1) is 14.2. The minimum Gasteiger partial charge on any atom is -0.462 e. The molecule has 0 atom stereocenters. The zero-order valence-electron chi connectivity index (χ0n) is 12.0. The van der Waals surface area contributed by atoms with Crippen LogP contribution in [-0.2, 0) is 4.74 Å². The van der Waals surface area contributed by atoms with Gasteiger partial charge in [-0.15, -0.1) is 0 Å². The van der Waals surface area contributed by atoms with Crippen LogP contribution in [-0.4, -0.2) is 17.6 Å². The summed E-state index contributed by atoms with van der Waals surface area (Å²) >= 11 is 0. The predicted molar refractivity (Wildman–Crippen MR) is 78.4 cm³/mol. The smallest absolute Gasteiger partial charge is 0.339 e. The zero-order valence-corrected chi connectivity index (χ0v) is 12.0. The quantitative estimate of drug-likeness (QED) is 0.537. The van der Waals surface area contributed by atoms with Gasteiger partial charge in [-0.05, 0) is 38.1 Å². The van der Waals surface area contributed by atoms with Crippen LogP contribution < -0.4 is 5.43 Å². The highest BCUT2D eigenvalue weighted by molar-refractivity contribution is 5.96. The molecule has 112 valence electrons. The van der Waals surface area contributed by atoms with Crippen LogP contribution in [0.25, 0.3) is 22.1 Å². The topological polar surface area (TPSA) is 69.4 Å². The van der Waals surface area contributed by atoms with Crippen molar-refractivity contribution in [3.63, 3.8) is 0 Å². The molecule has 0 unspecified atom stereocenters. The van der Waals surface area contributed by atoms with Crippen LogP contribution >= 0.6 is 0 Å². The van der Waals surface area contributed by atoms with Gasteiger partial charge in [0.05, 0.1) is 28.6 Å². The molecule has 0 fully saturated rings. The van der Waals surface area contributed by atoms with Crippen molar-refractivity contribution < 1.29 is 18.3 Å². The van der Waals surface area contributed by atoms with E-state index in [-0.39, 0.29) is 34.2 Å². The second-order valence-electron chi connectivity index (χ2n) is 4.77. The third-order valence-electron chi connectivity index (χ3n) is 3.31. The number of hydrogen-bond acceptors (Lipinski definition) is 5. The average molecular weight is 301 g/mol. The maximum absolute atomic E-state index is 13.3. The second-order valence-corrected chi connectivity index (χ2v) is 4.77. The van der Waals surface area contributed by atoms with Crippen molar-refractivity contribution in [1.82, 2.24) is 4.98 Å². The summed E-state index contributed by atoms with van der Waals surface area (Å²) in [6.07, 6.45) is 0. The Morgan fingerprint density at radius 1 is 1.32 bits per heavy atom. The molecule has 0 aliphatic heterocycles. The van der Waals surface area contributed by atoms with E-state index < -0.39 is 17.2 Å². The summed E-state index contributed by atoms with van der Waals surface area (Å²) in [5, 5.41) is 0.222. The van der Waals surface area contributed by atoms with Gasteiger partial charge >= 0.3 is 5.97 Å². The molecule has 0 saturated carbocycles. The van der Waals surface area contributed by atoms with E-state index in [9.17, 15) is 14.0 Å². The Morgan fingerprint density at radius 2 is 2.09 bits per heavy atom. The number of nitrogens with zero attached hydrogens (tertiary/aromatic N) is 1. The minimum absolute atomic E-state index is 0.105. The number of pyridine rings is 1. The molecular formula is C16H12FNO4. The number of aryl methyl sites for hydroxylation is 1. The molecule has 5 nitrogen and oxygen atoms in total. The van der Waals surface area contributed by atoms with E-state index in [2.05, 4.69) is 4.98 Å². The first-order chi connectivity index (χ1) is 10.5. The van der Waals surface area contributed by atoms with Crippen molar-refractivity contribution in [2.24, 2.45) is 0 Å². The van der Waals surface area contributed by atoms with Gasteiger partial charge in [0.25, 0.3) is 0 Å². The molecule has 0 aliphatic carbocycles. The molecule has 2 aromatic heterocycles. The molecule has 0 N–H and O–H groups in total. The Bertz CT molecular complexity index is 962. The second kappa shape index (κ2) is 5.22. The maximum Gasteiger partial charge on any atom is 0.339 e. The molecule has 0 bridgehead atoms. The average Bonchev–Trinajstić information content (AvgIpc) is 2.48. The summed E-state index contributed by atoms with van der Waals surface area (Å²) < 4.78 is 23.8. The van der Waals surface area contributed by atoms with Crippen LogP contribution in [0.3, 0.4) is 0 Å². The van der Waals surface area contributed by atoms with E-state index in [1.165, 1.54) is 18.2 Å². The Balaban J connectivity index is 2.35. The number of halogens is 1. The van der Waals surface area contributed by atoms with Gasteiger partial charge < -0.3 is 9.15 Å². The summed E-state index contributed by atoms with van der Waals surface area (Å²) in [5.41, 5.74) is 0.506. The first-order valence-electron chi connectivity index (χ1n) is 6.72. The van der Waals surface area contributed by atoms with Gasteiger partial charge in [-0.25, -0.2) is 14.2 Å². The van der Waals surface area contributed by atoms with Crippen LogP contribution in [0.1, 0.15) is 23.0 Å². The molecule has 3 rings (SSSR count). The highest BCUT2D eigenvalue weighted by Crippen LogP contribution is 2.20. The predicted octanol–water partition coefficient (Wildman–Crippen LogP) is 2.97. The van der Waals surface area contributed by atoms with Gasteiger partial charge in [0, 0.05) is 0 Å². The van der Waals surface area contributed by atoms with Crippen molar-refractivity contribution in [3.05, 3.63) is 51.6 Å². The minimum atomic E-state index is -0.562. The molecule has 1 aromatic carbocycles. The highest BCUT2D eigenvalue weighted by atomic mass is 19.1. The van der Waals surface area contributed by atoms with Crippen molar-refractivity contribution in [2.75, 3.05) is 6.61 Å². The number of benzene rings is 1. The number of hydrogen-bond donors (Lipinski definition) is 0. The highest BCUT2D eigenvalue weighted by Gasteiger charge is 2.17. The van der Waals surface area contributed by atoms with Crippen LogP contribution in [0.4, 0.5) is 4.39 Å². The largest absolute Gasteiger partial charge is 0.462 e.